The first kappa shape index (κ1) is 22.1. The van der Waals surface area contributed by atoms with E-state index in [0.29, 0.717) is 32.7 Å². The molecule has 1 fully saturated rings. The van der Waals surface area contributed by atoms with Gasteiger partial charge in [0, 0.05) is 38.3 Å². The molecule has 0 N–H and O–H groups in total. The van der Waals surface area contributed by atoms with Gasteiger partial charge in [0.25, 0.3) is 0 Å². The third-order valence-electron chi connectivity index (χ3n) is 5.11. The number of ether oxygens (including phenoxy) is 3. The highest BCUT2D eigenvalue weighted by Crippen LogP contribution is 2.26. The zero-order valence-electron chi connectivity index (χ0n) is 17.3. The summed E-state index contributed by atoms with van der Waals surface area (Å²) in [6.45, 7) is 2.51. The third-order valence-corrected chi connectivity index (χ3v) is 7.00. The van der Waals surface area contributed by atoms with Crippen LogP contribution in [0, 0.1) is 0 Å². The molecule has 0 atom stereocenters. The Morgan fingerprint density at radius 1 is 0.967 bits per heavy atom. The summed E-state index contributed by atoms with van der Waals surface area (Å²) < 4.78 is 42.9. The van der Waals surface area contributed by atoms with Crippen LogP contribution in [0.15, 0.2) is 47.4 Å². The Hall–Kier alpha value is -2.62. The maximum Gasteiger partial charge on any atom is 0.337 e. The molecule has 162 valence electrons. The highest BCUT2D eigenvalue weighted by Gasteiger charge is 2.29. The number of rotatable bonds is 7. The Morgan fingerprint density at radius 2 is 1.70 bits per heavy atom. The summed E-state index contributed by atoms with van der Waals surface area (Å²) in [6, 6.07) is 11.6. The maximum absolute atomic E-state index is 13.0. The Balaban J connectivity index is 1.69. The second-order valence-corrected chi connectivity index (χ2v) is 8.82. The van der Waals surface area contributed by atoms with Crippen molar-refractivity contribution < 1.29 is 27.4 Å². The lowest BCUT2D eigenvalue weighted by Gasteiger charge is -2.34. The molecule has 1 aliphatic heterocycles. The molecule has 0 aromatic heterocycles. The molecule has 1 heterocycles. The van der Waals surface area contributed by atoms with Gasteiger partial charge < -0.3 is 14.2 Å². The van der Waals surface area contributed by atoms with Crippen LogP contribution in [0.3, 0.4) is 0 Å². The van der Waals surface area contributed by atoms with Crippen LogP contribution in [0.25, 0.3) is 0 Å². The molecule has 0 bridgehead atoms. The average molecular weight is 435 g/mol. The molecular weight excluding hydrogens is 408 g/mol. The molecule has 2 aromatic carbocycles. The van der Waals surface area contributed by atoms with Gasteiger partial charge in [0.2, 0.25) is 10.0 Å². The molecule has 0 spiro atoms. The van der Waals surface area contributed by atoms with E-state index in [2.05, 4.69) is 9.64 Å². The first-order chi connectivity index (χ1) is 14.4. The predicted molar refractivity (Wildman–Crippen MR) is 111 cm³/mol. The molecule has 0 radical (unpaired) electrons. The fourth-order valence-electron chi connectivity index (χ4n) is 3.42. The first-order valence-electron chi connectivity index (χ1n) is 9.51. The zero-order chi connectivity index (χ0) is 21.7. The average Bonchev–Trinajstić information content (AvgIpc) is 2.78. The summed E-state index contributed by atoms with van der Waals surface area (Å²) in [6.07, 6.45) is 0. The minimum absolute atomic E-state index is 0.0910. The summed E-state index contributed by atoms with van der Waals surface area (Å²) in [5.74, 6) is 0.951. The van der Waals surface area contributed by atoms with E-state index in [-0.39, 0.29) is 10.5 Å². The van der Waals surface area contributed by atoms with Crippen LogP contribution in [-0.2, 0) is 21.3 Å². The molecule has 0 aliphatic carbocycles. The fourth-order valence-corrected chi connectivity index (χ4v) is 4.89. The van der Waals surface area contributed by atoms with Crippen molar-refractivity contribution in [2.24, 2.45) is 0 Å². The van der Waals surface area contributed by atoms with Crippen molar-refractivity contribution in [2.45, 2.75) is 11.4 Å². The minimum Gasteiger partial charge on any atom is -0.497 e. The Kier molecular flexibility index (Phi) is 6.96. The lowest BCUT2D eigenvalue weighted by molar-refractivity contribution is 0.0600. The lowest BCUT2D eigenvalue weighted by atomic mass is 10.1. The van der Waals surface area contributed by atoms with Crippen molar-refractivity contribution in [2.75, 3.05) is 47.5 Å². The molecule has 30 heavy (non-hydrogen) atoms. The SMILES string of the molecule is COC(=O)c1cccc(S(=O)(=O)N2CCN(Cc3cc(OC)ccc3OC)CC2)c1. The molecular formula is C21H26N2O6S. The second-order valence-electron chi connectivity index (χ2n) is 6.88. The number of carbonyl (C=O) groups excluding carboxylic acids is 1. The lowest BCUT2D eigenvalue weighted by Crippen LogP contribution is -2.48. The van der Waals surface area contributed by atoms with E-state index in [1.54, 1.807) is 20.3 Å². The standard InChI is InChI=1S/C21H26N2O6S/c1-27-18-7-8-20(28-2)17(13-18)15-22-9-11-23(12-10-22)30(25,26)19-6-4-5-16(14-19)21(24)29-3/h4-8,13-14H,9-12,15H2,1-3H3. The van der Waals surface area contributed by atoms with Crippen molar-refractivity contribution in [3.8, 4) is 11.5 Å². The van der Waals surface area contributed by atoms with Gasteiger partial charge in [-0.05, 0) is 36.4 Å². The summed E-state index contributed by atoms with van der Waals surface area (Å²) in [5, 5.41) is 0. The summed E-state index contributed by atoms with van der Waals surface area (Å²) in [4.78, 5) is 14.0. The van der Waals surface area contributed by atoms with E-state index in [0.717, 1.165) is 17.1 Å². The molecule has 2 aromatic rings. The number of piperazine rings is 1. The molecule has 1 aliphatic rings. The Labute approximate surface area is 177 Å². The van der Waals surface area contributed by atoms with Crippen molar-refractivity contribution >= 4 is 16.0 Å². The summed E-state index contributed by atoms with van der Waals surface area (Å²) in [7, 11) is 0.811. The summed E-state index contributed by atoms with van der Waals surface area (Å²) >= 11 is 0. The number of hydrogen-bond acceptors (Lipinski definition) is 7. The number of methoxy groups -OCH3 is 3. The Bertz CT molecular complexity index is 1000. The second kappa shape index (κ2) is 9.46. The van der Waals surface area contributed by atoms with Gasteiger partial charge >= 0.3 is 5.97 Å². The van der Waals surface area contributed by atoms with E-state index < -0.39 is 16.0 Å². The van der Waals surface area contributed by atoms with Gasteiger partial charge in [0.05, 0.1) is 31.8 Å². The van der Waals surface area contributed by atoms with Crippen LogP contribution in [0.5, 0.6) is 11.5 Å². The van der Waals surface area contributed by atoms with Gasteiger partial charge in [-0.15, -0.1) is 0 Å². The van der Waals surface area contributed by atoms with Gasteiger partial charge in [-0.1, -0.05) is 6.07 Å². The Morgan fingerprint density at radius 3 is 2.33 bits per heavy atom. The number of esters is 1. The van der Waals surface area contributed by atoms with Crippen LogP contribution < -0.4 is 9.47 Å². The van der Waals surface area contributed by atoms with Gasteiger partial charge in [-0.25, -0.2) is 13.2 Å². The summed E-state index contributed by atoms with van der Waals surface area (Å²) in [5.41, 5.74) is 1.20. The molecule has 0 amide bonds. The number of sulfonamides is 1. The number of carbonyl (C=O) groups is 1. The molecule has 3 rings (SSSR count). The maximum atomic E-state index is 13.0. The van der Waals surface area contributed by atoms with Crippen LogP contribution in [0.2, 0.25) is 0 Å². The van der Waals surface area contributed by atoms with Crippen molar-refractivity contribution in [3.63, 3.8) is 0 Å². The molecule has 1 saturated heterocycles. The van der Waals surface area contributed by atoms with Gasteiger partial charge in [0.15, 0.2) is 0 Å². The van der Waals surface area contributed by atoms with E-state index in [4.69, 9.17) is 9.47 Å². The highest BCUT2D eigenvalue weighted by atomic mass is 32.2. The first-order valence-corrected chi connectivity index (χ1v) is 10.9. The number of nitrogens with zero attached hydrogens (tertiary/aromatic N) is 2. The smallest absolute Gasteiger partial charge is 0.337 e. The largest absolute Gasteiger partial charge is 0.497 e. The quantitative estimate of drug-likeness (QED) is 0.616. The normalized spacial score (nSPS) is 15.6. The van der Waals surface area contributed by atoms with Crippen molar-refractivity contribution in [3.05, 3.63) is 53.6 Å². The van der Waals surface area contributed by atoms with Crippen LogP contribution >= 0.6 is 0 Å². The number of hydrogen-bond donors (Lipinski definition) is 0. The van der Waals surface area contributed by atoms with E-state index in [1.165, 1.54) is 29.6 Å². The van der Waals surface area contributed by atoms with Crippen molar-refractivity contribution in [1.29, 1.82) is 0 Å². The van der Waals surface area contributed by atoms with Crippen LogP contribution in [0.4, 0.5) is 0 Å². The van der Waals surface area contributed by atoms with Crippen LogP contribution in [0.1, 0.15) is 15.9 Å². The van der Waals surface area contributed by atoms with Gasteiger partial charge in [-0.2, -0.15) is 4.31 Å². The van der Waals surface area contributed by atoms with Crippen LogP contribution in [-0.4, -0.2) is 71.1 Å². The van der Waals surface area contributed by atoms with E-state index in [9.17, 15) is 13.2 Å². The highest BCUT2D eigenvalue weighted by molar-refractivity contribution is 7.89. The van der Waals surface area contributed by atoms with Crippen molar-refractivity contribution in [1.82, 2.24) is 9.21 Å². The zero-order valence-corrected chi connectivity index (χ0v) is 18.1. The van der Waals surface area contributed by atoms with Gasteiger partial charge in [-0.3, -0.25) is 4.90 Å². The number of benzene rings is 2. The third kappa shape index (κ3) is 4.75. The molecule has 8 nitrogen and oxygen atoms in total. The van der Waals surface area contributed by atoms with E-state index >= 15 is 0 Å². The molecule has 0 saturated carbocycles. The topological polar surface area (TPSA) is 85.4 Å². The molecule has 0 unspecified atom stereocenters. The monoisotopic (exact) mass is 434 g/mol. The minimum atomic E-state index is -3.69. The molecule has 9 heteroatoms. The fraction of sp³-hybridized carbons (Fsp3) is 0.381. The van der Waals surface area contributed by atoms with Gasteiger partial charge in [0.1, 0.15) is 11.5 Å². The van der Waals surface area contributed by atoms with E-state index in [1.807, 2.05) is 18.2 Å². The predicted octanol–water partition coefficient (Wildman–Crippen LogP) is 2.00.